The number of fused-ring (bicyclic) bond motifs is 1. The summed E-state index contributed by atoms with van der Waals surface area (Å²) < 4.78 is 5.52. The van der Waals surface area contributed by atoms with Gasteiger partial charge < -0.3 is 19.7 Å². The Morgan fingerprint density at radius 2 is 2.00 bits per heavy atom. The van der Waals surface area contributed by atoms with Gasteiger partial charge >= 0.3 is 0 Å². The normalized spacial score (nSPS) is 20.1. The van der Waals surface area contributed by atoms with Crippen LogP contribution in [0, 0.1) is 0 Å². The highest BCUT2D eigenvalue weighted by molar-refractivity contribution is 5.83. The van der Waals surface area contributed by atoms with E-state index in [1.807, 2.05) is 35.2 Å². The third-order valence-electron chi connectivity index (χ3n) is 5.63. The van der Waals surface area contributed by atoms with Crippen LogP contribution in [0.1, 0.15) is 42.1 Å². The Morgan fingerprint density at radius 1 is 1.18 bits per heavy atom. The zero-order valence-corrected chi connectivity index (χ0v) is 15.5. The van der Waals surface area contributed by atoms with E-state index in [2.05, 4.69) is 25.4 Å². The molecule has 144 valence electrons. The predicted octanol–water partition coefficient (Wildman–Crippen LogP) is 2.05. The van der Waals surface area contributed by atoms with Gasteiger partial charge in [0.05, 0.1) is 12.0 Å². The summed E-state index contributed by atoms with van der Waals surface area (Å²) in [5.74, 6) is 1.57. The lowest BCUT2D eigenvalue weighted by Gasteiger charge is -2.34. The SMILES string of the molecule is O=C(C1NCCc2[nH]cnc21)N1CCC(c2nc(-c3ccccc3)no2)CC1. The molecule has 1 aromatic carbocycles. The van der Waals surface area contributed by atoms with Crippen molar-refractivity contribution >= 4 is 5.91 Å². The van der Waals surface area contributed by atoms with Gasteiger partial charge in [0.25, 0.3) is 0 Å². The minimum Gasteiger partial charge on any atom is -0.348 e. The van der Waals surface area contributed by atoms with E-state index in [1.165, 1.54) is 0 Å². The molecule has 4 heterocycles. The lowest BCUT2D eigenvalue weighted by Crippen LogP contribution is -2.46. The Bertz CT molecular complexity index is 958. The van der Waals surface area contributed by atoms with Crippen molar-refractivity contribution in [1.29, 1.82) is 0 Å². The van der Waals surface area contributed by atoms with E-state index >= 15 is 0 Å². The van der Waals surface area contributed by atoms with Crippen molar-refractivity contribution in [2.75, 3.05) is 19.6 Å². The fraction of sp³-hybridized carbons (Fsp3) is 0.400. The first-order valence-electron chi connectivity index (χ1n) is 9.73. The molecule has 1 fully saturated rings. The standard InChI is InChI=1S/C20H22N6O2/c27-20(17-16-15(6-9-21-17)22-12-23-16)26-10-7-14(8-11-26)19-24-18(25-28-19)13-4-2-1-3-5-13/h1-5,12,14,17,21H,6-11H2,(H,22,23). The number of hydrogen-bond acceptors (Lipinski definition) is 6. The van der Waals surface area contributed by atoms with E-state index in [0.717, 1.165) is 42.8 Å². The molecule has 5 rings (SSSR count). The second-order valence-corrected chi connectivity index (χ2v) is 7.33. The van der Waals surface area contributed by atoms with E-state index in [1.54, 1.807) is 6.33 Å². The molecule has 3 aromatic rings. The number of hydrogen-bond donors (Lipinski definition) is 2. The molecule has 1 amide bonds. The van der Waals surface area contributed by atoms with Crippen LogP contribution >= 0.6 is 0 Å². The molecule has 1 atom stereocenters. The van der Waals surface area contributed by atoms with Crippen molar-refractivity contribution in [1.82, 2.24) is 30.3 Å². The minimum absolute atomic E-state index is 0.0991. The minimum atomic E-state index is -0.348. The van der Waals surface area contributed by atoms with Crippen LogP contribution in [0.25, 0.3) is 11.4 Å². The molecule has 28 heavy (non-hydrogen) atoms. The third-order valence-corrected chi connectivity index (χ3v) is 5.63. The number of benzene rings is 1. The number of amides is 1. The second kappa shape index (κ2) is 7.20. The molecule has 0 radical (unpaired) electrons. The second-order valence-electron chi connectivity index (χ2n) is 7.33. The van der Waals surface area contributed by atoms with Crippen molar-refractivity contribution in [3.8, 4) is 11.4 Å². The maximum absolute atomic E-state index is 13.0. The van der Waals surface area contributed by atoms with Gasteiger partial charge in [-0.3, -0.25) is 4.79 Å². The van der Waals surface area contributed by atoms with Crippen LogP contribution in [0.15, 0.2) is 41.2 Å². The Labute approximate surface area is 162 Å². The number of nitrogens with one attached hydrogen (secondary N) is 2. The van der Waals surface area contributed by atoms with Crippen LogP contribution in [0.3, 0.4) is 0 Å². The van der Waals surface area contributed by atoms with Gasteiger partial charge in [0, 0.05) is 43.2 Å². The van der Waals surface area contributed by atoms with Crippen LogP contribution < -0.4 is 5.32 Å². The zero-order chi connectivity index (χ0) is 18.9. The maximum Gasteiger partial charge on any atom is 0.246 e. The van der Waals surface area contributed by atoms with Crippen molar-refractivity contribution in [2.45, 2.75) is 31.2 Å². The number of aromatic nitrogens is 4. The highest BCUT2D eigenvalue weighted by Crippen LogP contribution is 2.30. The van der Waals surface area contributed by atoms with Crippen molar-refractivity contribution in [3.05, 3.63) is 53.9 Å². The smallest absolute Gasteiger partial charge is 0.246 e. The number of carbonyl (C=O) groups excluding carboxylic acids is 1. The highest BCUT2D eigenvalue weighted by atomic mass is 16.5. The summed E-state index contributed by atoms with van der Waals surface area (Å²) in [6.07, 6.45) is 4.19. The van der Waals surface area contributed by atoms with E-state index in [0.29, 0.717) is 24.8 Å². The van der Waals surface area contributed by atoms with E-state index < -0.39 is 0 Å². The number of carbonyl (C=O) groups is 1. The van der Waals surface area contributed by atoms with Gasteiger partial charge in [0.15, 0.2) is 0 Å². The fourth-order valence-electron chi connectivity index (χ4n) is 4.06. The van der Waals surface area contributed by atoms with Gasteiger partial charge in [-0.15, -0.1) is 0 Å². The largest absolute Gasteiger partial charge is 0.348 e. The zero-order valence-electron chi connectivity index (χ0n) is 15.5. The summed E-state index contributed by atoms with van der Waals surface area (Å²) in [5.41, 5.74) is 2.84. The molecule has 2 aliphatic rings. The molecule has 0 saturated carbocycles. The molecule has 8 nitrogen and oxygen atoms in total. The van der Waals surface area contributed by atoms with Gasteiger partial charge in [-0.25, -0.2) is 4.98 Å². The van der Waals surface area contributed by atoms with Gasteiger partial charge in [-0.05, 0) is 12.8 Å². The summed E-state index contributed by atoms with van der Waals surface area (Å²) in [5, 5.41) is 7.43. The summed E-state index contributed by atoms with van der Waals surface area (Å²) in [7, 11) is 0. The highest BCUT2D eigenvalue weighted by Gasteiger charge is 2.34. The Hall–Kier alpha value is -3.00. The van der Waals surface area contributed by atoms with Crippen LogP contribution in [-0.2, 0) is 11.2 Å². The summed E-state index contributed by atoms with van der Waals surface area (Å²) in [4.78, 5) is 27.0. The fourth-order valence-corrected chi connectivity index (χ4v) is 4.06. The van der Waals surface area contributed by atoms with Gasteiger partial charge in [0.2, 0.25) is 17.6 Å². The van der Waals surface area contributed by atoms with Crippen molar-refractivity contribution in [3.63, 3.8) is 0 Å². The van der Waals surface area contributed by atoms with Crippen LogP contribution in [0.5, 0.6) is 0 Å². The van der Waals surface area contributed by atoms with Crippen LogP contribution in [0.4, 0.5) is 0 Å². The monoisotopic (exact) mass is 378 g/mol. The molecule has 0 spiro atoms. The molecule has 1 unspecified atom stereocenters. The van der Waals surface area contributed by atoms with E-state index in [9.17, 15) is 4.79 Å². The summed E-state index contributed by atoms with van der Waals surface area (Å²) in [6.45, 7) is 2.15. The molecule has 1 saturated heterocycles. The first-order chi connectivity index (χ1) is 13.8. The number of H-pyrrole nitrogens is 1. The topological polar surface area (TPSA) is 99.9 Å². The average molecular weight is 378 g/mol. The summed E-state index contributed by atoms with van der Waals surface area (Å²) in [6, 6.07) is 9.47. The Morgan fingerprint density at radius 3 is 2.82 bits per heavy atom. The van der Waals surface area contributed by atoms with Crippen LogP contribution in [-0.4, -0.2) is 50.5 Å². The molecule has 0 aliphatic carbocycles. The quantitative estimate of drug-likeness (QED) is 0.724. The summed E-state index contributed by atoms with van der Waals surface area (Å²) >= 11 is 0. The molecular weight excluding hydrogens is 356 g/mol. The molecule has 2 aromatic heterocycles. The first-order valence-corrected chi connectivity index (χ1v) is 9.73. The van der Waals surface area contributed by atoms with Gasteiger partial charge in [0.1, 0.15) is 6.04 Å². The lowest BCUT2D eigenvalue weighted by molar-refractivity contribution is -0.135. The van der Waals surface area contributed by atoms with Crippen molar-refractivity contribution < 1.29 is 9.32 Å². The third kappa shape index (κ3) is 3.09. The van der Waals surface area contributed by atoms with Crippen LogP contribution in [0.2, 0.25) is 0 Å². The maximum atomic E-state index is 13.0. The number of nitrogens with zero attached hydrogens (tertiary/aromatic N) is 4. The number of piperidine rings is 1. The lowest BCUT2D eigenvalue weighted by atomic mass is 9.95. The molecule has 0 bridgehead atoms. The molecular formula is C20H22N6O2. The van der Waals surface area contributed by atoms with Crippen molar-refractivity contribution in [2.24, 2.45) is 0 Å². The Balaban J connectivity index is 1.24. The van der Waals surface area contributed by atoms with Gasteiger partial charge in [-0.1, -0.05) is 35.5 Å². The number of likely N-dealkylation sites (tertiary alicyclic amines) is 1. The average Bonchev–Trinajstić information content (AvgIpc) is 3.43. The first kappa shape index (κ1) is 17.1. The van der Waals surface area contributed by atoms with Gasteiger partial charge in [-0.2, -0.15) is 4.98 Å². The molecule has 8 heteroatoms. The van der Waals surface area contributed by atoms with E-state index in [-0.39, 0.29) is 17.9 Å². The number of rotatable bonds is 3. The van der Waals surface area contributed by atoms with E-state index in [4.69, 9.17) is 4.52 Å². The number of aromatic amines is 1. The molecule has 2 N–H and O–H groups in total. The Kier molecular flexibility index (Phi) is 4.40. The number of imidazole rings is 1. The molecule has 2 aliphatic heterocycles. The predicted molar refractivity (Wildman–Crippen MR) is 101 cm³/mol.